The van der Waals surface area contributed by atoms with Crippen LogP contribution in [0.2, 0.25) is 0 Å². The Balaban J connectivity index is 1.87. The average molecular weight is 262 g/mol. The molecule has 0 aliphatic heterocycles. The minimum atomic E-state index is -0.121. The van der Waals surface area contributed by atoms with Crippen LogP contribution in [0, 0.1) is 5.92 Å². The van der Waals surface area contributed by atoms with Gasteiger partial charge in [0.15, 0.2) is 11.5 Å². The van der Waals surface area contributed by atoms with Crippen molar-refractivity contribution in [2.45, 2.75) is 18.9 Å². The van der Waals surface area contributed by atoms with Crippen LogP contribution in [0.5, 0.6) is 0 Å². The summed E-state index contributed by atoms with van der Waals surface area (Å²) < 4.78 is 0. The molecule has 0 spiro atoms. The summed E-state index contributed by atoms with van der Waals surface area (Å²) in [6.45, 7) is 0.880. The fraction of sp³-hybridized carbons (Fsp3) is 0.583. The summed E-state index contributed by atoms with van der Waals surface area (Å²) in [7, 11) is 3.80. The molecular weight excluding hydrogens is 244 g/mol. The number of rotatable bonds is 4. The van der Waals surface area contributed by atoms with Crippen molar-refractivity contribution in [2.24, 2.45) is 5.92 Å². The van der Waals surface area contributed by atoms with Crippen LogP contribution in [0.1, 0.15) is 12.8 Å². The molecule has 1 saturated carbocycles. The standard InChI is InChI=1S/C12H18N6O/c1-13-12-16-10-9(14-6-15-10)11(17-12)18(2)5-7-3-8(19)4-7/h6-8,19H,3-5H2,1-2H3,(H2,13,14,15,16,17). The number of imidazole rings is 1. The summed E-state index contributed by atoms with van der Waals surface area (Å²) in [5.74, 6) is 1.94. The molecule has 0 saturated heterocycles. The first-order valence-corrected chi connectivity index (χ1v) is 6.45. The number of nitrogens with zero attached hydrogens (tertiary/aromatic N) is 4. The topological polar surface area (TPSA) is 90.0 Å². The highest BCUT2D eigenvalue weighted by Crippen LogP contribution is 2.30. The van der Waals surface area contributed by atoms with E-state index in [9.17, 15) is 5.11 Å². The molecule has 1 aliphatic rings. The average Bonchev–Trinajstić information content (AvgIpc) is 2.83. The molecule has 0 bridgehead atoms. The Morgan fingerprint density at radius 1 is 1.47 bits per heavy atom. The Bertz CT molecular complexity index is 577. The first kappa shape index (κ1) is 12.2. The molecule has 2 aromatic rings. The normalized spacial score (nSPS) is 22.3. The Labute approximate surface area is 111 Å². The van der Waals surface area contributed by atoms with Crippen LogP contribution >= 0.6 is 0 Å². The zero-order valence-electron chi connectivity index (χ0n) is 11.1. The second kappa shape index (κ2) is 4.65. The van der Waals surface area contributed by atoms with Crippen molar-refractivity contribution in [3.05, 3.63) is 6.33 Å². The number of anilines is 2. The summed E-state index contributed by atoms with van der Waals surface area (Å²) >= 11 is 0. The molecule has 7 heteroatoms. The van der Waals surface area contributed by atoms with E-state index in [1.165, 1.54) is 0 Å². The van der Waals surface area contributed by atoms with Gasteiger partial charge in [-0.15, -0.1) is 0 Å². The zero-order chi connectivity index (χ0) is 13.4. The SMILES string of the molecule is CNc1nc(N(C)CC2CC(O)C2)c2[nH]cnc2n1. The Morgan fingerprint density at radius 2 is 2.26 bits per heavy atom. The largest absolute Gasteiger partial charge is 0.393 e. The van der Waals surface area contributed by atoms with Crippen molar-refractivity contribution < 1.29 is 5.11 Å². The second-order valence-corrected chi connectivity index (χ2v) is 5.09. The summed E-state index contributed by atoms with van der Waals surface area (Å²) in [5.41, 5.74) is 1.51. The molecule has 0 radical (unpaired) electrons. The van der Waals surface area contributed by atoms with E-state index < -0.39 is 0 Å². The zero-order valence-corrected chi connectivity index (χ0v) is 11.1. The van der Waals surface area contributed by atoms with E-state index in [0.29, 0.717) is 17.5 Å². The van der Waals surface area contributed by atoms with Crippen molar-refractivity contribution in [1.82, 2.24) is 19.9 Å². The van der Waals surface area contributed by atoms with Gasteiger partial charge in [0.1, 0.15) is 5.52 Å². The monoisotopic (exact) mass is 262 g/mol. The summed E-state index contributed by atoms with van der Waals surface area (Å²) in [4.78, 5) is 18.1. The molecule has 3 rings (SSSR count). The number of aliphatic hydroxyl groups is 1. The van der Waals surface area contributed by atoms with E-state index in [4.69, 9.17) is 0 Å². The van der Waals surface area contributed by atoms with Gasteiger partial charge in [0, 0.05) is 20.6 Å². The van der Waals surface area contributed by atoms with Crippen LogP contribution in [0.3, 0.4) is 0 Å². The minimum Gasteiger partial charge on any atom is -0.393 e. The predicted molar refractivity (Wildman–Crippen MR) is 73.2 cm³/mol. The van der Waals surface area contributed by atoms with Gasteiger partial charge in [-0.25, -0.2) is 4.98 Å². The van der Waals surface area contributed by atoms with Crippen molar-refractivity contribution in [3.8, 4) is 0 Å². The van der Waals surface area contributed by atoms with Crippen LogP contribution in [0.4, 0.5) is 11.8 Å². The number of nitrogens with one attached hydrogen (secondary N) is 2. The molecule has 2 heterocycles. The summed E-state index contributed by atoms with van der Waals surface area (Å²) in [6.07, 6.45) is 3.26. The lowest BCUT2D eigenvalue weighted by Gasteiger charge is -2.34. The van der Waals surface area contributed by atoms with Crippen molar-refractivity contribution in [2.75, 3.05) is 30.9 Å². The number of H-pyrrole nitrogens is 1. The molecule has 0 atom stereocenters. The molecule has 0 aromatic carbocycles. The van der Waals surface area contributed by atoms with E-state index in [1.807, 2.05) is 7.05 Å². The van der Waals surface area contributed by atoms with Gasteiger partial charge in [0.05, 0.1) is 12.4 Å². The van der Waals surface area contributed by atoms with Crippen LogP contribution in [0.15, 0.2) is 6.33 Å². The molecule has 2 aromatic heterocycles. The molecule has 7 nitrogen and oxygen atoms in total. The molecule has 0 unspecified atom stereocenters. The maximum atomic E-state index is 9.35. The van der Waals surface area contributed by atoms with Crippen molar-refractivity contribution in [1.29, 1.82) is 0 Å². The van der Waals surface area contributed by atoms with E-state index >= 15 is 0 Å². The van der Waals surface area contributed by atoms with Crippen LogP contribution in [0.25, 0.3) is 11.2 Å². The third kappa shape index (κ3) is 2.21. The van der Waals surface area contributed by atoms with Gasteiger partial charge in [0.2, 0.25) is 5.95 Å². The predicted octanol–water partition coefficient (Wildman–Crippen LogP) is 0.602. The fourth-order valence-corrected chi connectivity index (χ4v) is 2.53. The highest BCUT2D eigenvalue weighted by molar-refractivity contribution is 5.84. The lowest BCUT2D eigenvalue weighted by Crippen LogP contribution is -2.37. The Hall–Kier alpha value is -1.89. The van der Waals surface area contributed by atoms with Gasteiger partial charge < -0.3 is 20.3 Å². The van der Waals surface area contributed by atoms with Crippen LogP contribution in [-0.2, 0) is 0 Å². The second-order valence-electron chi connectivity index (χ2n) is 5.09. The van der Waals surface area contributed by atoms with Crippen LogP contribution in [-0.4, -0.2) is 51.8 Å². The van der Waals surface area contributed by atoms with Gasteiger partial charge in [0.25, 0.3) is 0 Å². The maximum absolute atomic E-state index is 9.35. The molecule has 3 N–H and O–H groups in total. The lowest BCUT2D eigenvalue weighted by atomic mass is 9.82. The first-order valence-electron chi connectivity index (χ1n) is 6.45. The molecule has 1 fully saturated rings. The molecule has 102 valence electrons. The van der Waals surface area contributed by atoms with Gasteiger partial charge in [-0.2, -0.15) is 9.97 Å². The van der Waals surface area contributed by atoms with E-state index in [2.05, 4.69) is 30.2 Å². The van der Waals surface area contributed by atoms with Crippen molar-refractivity contribution >= 4 is 22.9 Å². The number of aliphatic hydroxyl groups excluding tert-OH is 1. The maximum Gasteiger partial charge on any atom is 0.226 e. The number of hydrogen-bond acceptors (Lipinski definition) is 6. The highest BCUT2D eigenvalue weighted by atomic mass is 16.3. The first-order chi connectivity index (χ1) is 9.17. The molecule has 0 amide bonds. The highest BCUT2D eigenvalue weighted by Gasteiger charge is 2.28. The Morgan fingerprint density at radius 3 is 2.95 bits per heavy atom. The minimum absolute atomic E-state index is 0.121. The number of fused-ring (bicyclic) bond motifs is 1. The third-order valence-electron chi connectivity index (χ3n) is 3.59. The van der Waals surface area contributed by atoms with E-state index in [0.717, 1.165) is 30.7 Å². The van der Waals surface area contributed by atoms with E-state index in [-0.39, 0.29) is 6.10 Å². The lowest BCUT2D eigenvalue weighted by molar-refractivity contribution is 0.0464. The summed E-state index contributed by atoms with van der Waals surface area (Å²) in [5, 5.41) is 12.3. The molecule has 1 aliphatic carbocycles. The Kier molecular flexibility index (Phi) is 2.98. The van der Waals surface area contributed by atoms with Gasteiger partial charge in [-0.3, -0.25) is 0 Å². The number of aromatic amines is 1. The summed E-state index contributed by atoms with van der Waals surface area (Å²) in [6, 6.07) is 0. The molecule has 19 heavy (non-hydrogen) atoms. The fourth-order valence-electron chi connectivity index (χ4n) is 2.53. The van der Waals surface area contributed by atoms with Gasteiger partial charge in [-0.1, -0.05) is 0 Å². The van der Waals surface area contributed by atoms with Gasteiger partial charge in [-0.05, 0) is 18.8 Å². The van der Waals surface area contributed by atoms with E-state index in [1.54, 1.807) is 13.4 Å². The molecular formula is C12H18N6O. The number of aromatic nitrogens is 4. The smallest absolute Gasteiger partial charge is 0.226 e. The van der Waals surface area contributed by atoms with Crippen LogP contribution < -0.4 is 10.2 Å². The third-order valence-corrected chi connectivity index (χ3v) is 3.59. The quantitative estimate of drug-likeness (QED) is 0.747. The van der Waals surface area contributed by atoms with Crippen molar-refractivity contribution in [3.63, 3.8) is 0 Å². The van der Waals surface area contributed by atoms with Gasteiger partial charge >= 0.3 is 0 Å². The number of hydrogen-bond donors (Lipinski definition) is 3.